The first-order chi connectivity index (χ1) is 13.9. The van der Waals surface area contributed by atoms with E-state index < -0.39 is 0 Å². The number of hydrogen-bond acceptors (Lipinski definition) is 4. The number of aromatic hydroxyl groups is 2. The molecule has 152 valence electrons. The highest BCUT2D eigenvalue weighted by atomic mass is 16.5. The summed E-state index contributed by atoms with van der Waals surface area (Å²) < 4.78 is 11.3. The Balaban J connectivity index is 1.90. The van der Waals surface area contributed by atoms with Crippen LogP contribution in [-0.2, 0) is 6.42 Å². The van der Waals surface area contributed by atoms with Crippen LogP contribution in [0.5, 0.6) is 17.2 Å². The smallest absolute Gasteiger partial charge is 0.139 e. The van der Waals surface area contributed by atoms with E-state index >= 15 is 0 Å². The van der Waals surface area contributed by atoms with Crippen molar-refractivity contribution in [3.8, 4) is 28.6 Å². The third kappa shape index (κ3) is 5.02. The van der Waals surface area contributed by atoms with Gasteiger partial charge in [0.05, 0.1) is 12.7 Å². The second kappa shape index (κ2) is 8.91. The molecule has 1 aromatic heterocycles. The SMILES string of the molecule is COc1cc(O)c(-c2cc3ccc(O)cc3o2)cc1C/C=C(\C)CCC=C(C)C. The summed E-state index contributed by atoms with van der Waals surface area (Å²) in [6.45, 7) is 6.36. The van der Waals surface area contributed by atoms with Crippen molar-refractivity contribution in [1.82, 2.24) is 0 Å². The van der Waals surface area contributed by atoms with E-state index in [1.807, 2.05) is 12.1 Å². The summed E-state index contributed by atoms with van der Waals surface area (Å²) in [6, 6.07) is 10.4. The van der Waals surface area contributed by atoms with Gasteiger partial charge in [0, 0.05) is 17.5 Å². The van der Waals surface area contributed by atoms with Gasteiger partial charge >= 0.3 is 0 Å². The lowest BCUT2D eigenvalue weighted by molar-refractivity contribution is 0.404. The molecule has 0 saturated carbocycles. The van der Waals surface area contributed by atoms with E-state index in [1.165, 1.54) is 11.1 Å². The average molecular weight is 392 g/mol. The second-order valence-corrected chi connectivity index (χ2v) is 7.59. The van der Waals surface area contributed by atoms with Gasteiger partial charge in [-0.1, -0.05) is 23.3 Å². The summed E-state index contributed by atoms with van der Waals surface area (Å²) in [5.41, 5.74) is 4.81. The highest BCUT2D eigenvalue weighted by molar-refractivity contribution is 5.85. The minimum Gasteiger partial charge on any atom is -0.508 e. The molecule has 29 heavy (non-hydrogen) atoms. The molecule has 0 bridgehead atoms. The number of allylic oxidation sites excluding steroid dienone is 4. The molecule has 0 unspecified atom stereocenters. The highest BCUT2D eigenvalue weighted by Crippen LogP contribution is 2.38. The van der Waals surface area contributed by atoms with Crippen LogP contribution in [0.2, 0.25) is 0 Å². The van der Waals surface area contributed by atoms with E-state index in [-0.39, 0.29) is 11.5 Å². The standard InChI is InChI=1S/C25H28O4/c1-16(2)6-5-7-17(3)8-9-18-12-21(22(27)15-23(18)28-4)25-13-19-10-11-20(26)14-24(19)29-25/h6,8,10-15,26-27H,5,7,9H2,1-4H3/b17-8+. The molecule has 0 radical (unpaired) electrons. The van der Waals surface area contributed by atoms with E-state index in [0.29, 0.717) is 29.1 Å². The highest BCUT2D eigenvalue weighted by Gasteiger charge is 2.15. The predicted molar refractivity (Wildman–Crippen MR) is 118 cm³/mol. The van der Waals surface area contributed by atoms with E-state index in [9.17, 15) is 10.2 Å². The van der Waals surface area contributed by atoms with Gasteiger partial charge in [-0.2, -0.15) is 0 Å². The monoisotopic (exact) mass is 392 g/mol. The number of fused-ring (bicyclic) bond motifs is 1. The number of methoxy groups -OCH3 is 1. The van der Waals surface area contributed by atoms with E-state index in [0.717, 1.165) is 23.8 Å². The van der Waals surface area contributed by atoms with Gasteiger partial charge in [0.15, 0.2) is 0 Å². The zero-order valence-electron chi connectivity index (χ0n) is 17.5. The number of benzene rings is 2. The lowest BCUT2D eigenvalue weighted by Crippen LogP contribution is -1.93. The maximum Gasteiger partial charge on any atom is 0.139 e. The lowest BCUT2D eigenvalue weighted by Gasteiger charge is -2.11. The molecule has 0 atom stereocenters. The Hall–Kier alpha value is -3.14. The largest absolute Gasteiger partial charge is 0.508 e. The van der Waals surface area contributed by atoms with Crippen LogP contribution in [0.25, 0.3) is 22.3 Å². The van der Waals surface area contributed by atoms with Crippen LogP contribution < -0.4 is 4.74 Å². The van der Waals surface area contributed by atoms with Gasteiger partial charge in [-0.25, -0.2) is 0 Å². The Bertz CT molecular complexity index is 1070. The molecule has 4 nitrogen and oxygen atoms in total. The Kier molecular flexibility index (Phi) is 6.32. The quantitative estimate of drug-likeness (QED) is 0.436. The zero-order valence-corrected chi connectivity index (χ0v) is 17.5. The first kappa shape index (κ1) is 20.6. The lowest BCUT2D eigenvalue weighted by atomic mass is 10.0. The van der Waals surface area contributed by atoms with Gasteiger partial charge in [0.2, 0.25) is 0 Å². The number of phenols is 2. The van der Waals surface area contributed by atoms with Gasteiger partial charge in [0.1, 0.15) is 28.6 Å². The molecule has 0 amide bonds. The van der Waals surface area contributed by atoms with Crippen molar-refractivity contribution in [1.29, 1.82) is 0 Å². The summed E-state index contributed by atoms with van der Waals surface area (Å²) in [4.78, 5) is 0. The van der Waals surface area contributed by atoms with Gasteiger partial charge in [-0.3, -0.25) is 0 Å². The summed E-state index contributed by atoms with van der Waals surface area (Å²) in [5.74, 6) is 1.44. The molecule has 0 spiro atoms. The fraction of sp³-hybridized carbons (Fsp3) is 0.280. The van der Waals surface area contributed by atoms with Crippen molar-refractivity contribution < 1.29 is 19.4 Å². The third-order valence-electron chi connectivity index (χ3n) is 4.93. The van der Waals surface area contributed by atoms with Crippen LogP contribution in [0.4, 0.5) is 0 Å². The predicted octanol–water partition coefficient (Wildman–Crippen LogP) is 6.75. The van der Waals surface area contributed by atoms with Crippen molar-refractivity contribution in [2.24, 2.45) is 0 Å². The van der Waals surface area contributed by atoms with Gasteiger partial charge in [0.25, 0.3) is 0 Å². The number of ether oxygens (including phenoxy) is 1. The van der Waals surface area contributed by atoms with Gasteiger partial charge in [-0.05, 0) is 69.9 Å². The Labute approximate surface area is 171 Å². The second-order valence-electron chi connectivity index (χ2n) is 7.59. The van der Waals surface area contributed by atoms with Gasteiger partial charge < -0.3 is 19.4 Å². The molecule has 2 N–H and O–H groups in total. The van der Waals surface area contributed by atoms with Gasteiger partial charge in [-0.15, -0.1) is 0 Å². The maximum atomic E-state index is 10.5. The Morgan fingerprint density at radius 2 is 1.83 bits per heavy atom. The van der Waals surface area contributed by atoms with Crippen molar-refractivity contribution in [3.05, 3.63) is 65.3 Å². The first-order valence-corrected chi connectivity index (χ1v) is 9.79. The molecular formula is C25H28O4. The molecule has 3 rings (SSSR count). The molecule has 0 fully saturated rings. The minimum atomic E-state index is 0.0955. The molecule has 0 aliphatic carbocycles. The Morgan fingerprint density at radius 3 is 2.55 bits per heavy atom. The summed E-state index contributed by atoms with van der Waals surface area (Å²) in [5, 5.41) is 21.0. The number of phenolic OH excluding ortho intramolecular Hbond substituents is 2. The van der Waals surface area contributed by atoms with Crippen LogP contribution in [0.3, 0.4) is 0 Å². The van der Waals surface area contributed by atoms with E-state index in [4.69, 9.17) is 9.15 Å². The van der Waals surface area contributed by atoms with Crippen LogP contribution in [0, 0.1) is 0 Å². The summed E-state index contributed by atoms with van der Waals surface area (Å²) >= 11 is 0. The first-order valence-electron chi connectivity index (χ1n) is 9.79. The van der Waals surface area contributed by atoms with Crippen LogP contribution >= 0.6 is 0 Å². The van der Waals surface area contributed by atoms with Crippen molar-refractivity contribution in [2.45, 2.75) is 40.0 Å². The number of hydrogen-bond donors (Lipinski definition) is 2. The third-order valence-corrected chi connectivity index (χ3v) is 4.93. The van der Waals surface area contributed by atoms with E-state index in [2.05, 4.69) is 32.9 Å². The summed E-state index contributed by atoms with van der Waals surface area (Å²) in [6.07, 6.45) is 7.21. The van der Waals surface area contributed by atoms with E-state index in [1.54, 1.807) is 31.4 Å². The molecular weight excluding hydrogens is 364 g/mol. The molecule has 3 aromatic rings. The zero-order chi connectivity index (χ0) is 21.0. The van der Waals surface area contributed by atoms with Crippen molar-refractivity contribution in [2.75, 3.05) is 7.11 Å². The van der Waals surface area contributed by atoms with Crippen molar-refractivity contribution in [3.63, 3.8) is 0 Å². The molecule has 1 heterocycles. The minimum absolute atomic E-state index is 0.0955. The Morgan fingerprint density at radius 1 is 1.03 bits per heavy atom. The van der Waals surface area contributed by atoms with Crippen LogP contribution in [0.1, 0.15) is 39.2 Å². The molecule has 4 heteroatoms. The maximum absolute atomic E-state index is 10.5. The number of furan rings is 1. The van der Waals surface area contributed by atoms with Crippen LogP contribution in [-0.4, -0.2) is 17.3 Å². The molecule has 0 saturated heterocycles. The average Bonchev–Trinajstić information content (AvgIpc) is 3.09. The topological polar surface area (TPSA) is 62.8 Å². The van der Waals surface area contributed by atoms with Crippen molar-refractivity contribution >= 4 is 11.0 Å². The fourth-order valence-corrected chi connectivity index (χ4v) is 3.29. The summed E-state index contributed by atoms with van der Waals surface area (Å²) in [7, 11) is 1.60. The van der Waals surface area contributed by atoms with Crippen LogP contribution in [0.15, 0.2) is 64.1 Å². The normalized spacial score (nSPS) is 11.7. The molecule has 0 aliphatic rings. The number of rotatable bonds is 7. The molecule has 0 aliphatic heterocycles. The molecule has 2 aromatic carbocycles. The fourth-order valence-electron chi connectivity index (χ4n) is 3.29.